The first-order chi connectivity index (χ1) is 10.3. The zero-order valence-corrected chi connectivity index (χ0v) is 13.3. The van der Waals surface area contributed by atoms with Gasteiger partial charge < -0.3 is 10.5 Å². The SMILES string of the molecule is Cc1ccnc2c1nc(-c1cccc(O)c1)n2NC(C)(C)C. The molecule has 2 N–H and O–H groups in total. The number of phenols is 1. The number of imidazole rings is 1. The summed E-state index contributed by atoms with van der Waals surface area (Å²) in [7, 11) is 0. The van der Waals surface area contributed by atoms with Gasteiger partial charge in [0.05, 0.1) is 0 Å². The van der Waals surface area contributed by atoms with Crippen LogP contribution in [0.15, 0.2) is 36.5 Å². The van der Waals surface area contributed by atoms with E-state index in [1.165, 1.54) is 0 Å². The molecule has 0 amide bonds. The minimum atomic E-state index is -0.148. The van der Waals surface area contributed by atoms with Gasteiger partial charge in [-0.2, -0.15) is 0 Å². The molecule has 3 aromatic rings. The summed E-state index contributed by atoms with van der Waals surface area (Å²) in [6.45, 7) is 8.27. The Bertz CT molecular complexity index is 830. The van der Waals surface area contributed by atoms with E-state index in [9.17, 15) is 5.11 Å². The van der Waals surface area contributed by atoms with Crippen LogP contribution >= 0.6 is 0 Å². The van der Waals surface area contributed by atoms with Gasteiger partial charge in [-0.1, -0.05) is 12.1 Å². The molecule has 0 fully saturated rings. The minimum absolute atomic E-state index is 0.148. The number of hydrogen-bond acceptors (Lipinski definition) is 4. The Labute approximate surface area is 129 Å². The van der Waals surface area contributed by atoms with Gasteiger partial charge in [0.1, 0.15) is 11.3 Å². The average molecular weight is 296 g/mol. The molecule has 0 saturated carbocycles. The molecule has 2 aromatic heterocycles. The summed E-state index contributed by atoms with van der Waals surface area (Å²) in [5, 5.41) is 9.75. The van der Waals surface area contributed by atoms with E-state index in [0.717, 1.165) is 28.1 Å². The predicted molar refractivity (Wildman–Crippen MR) is 88.5 cm³/mol. The Kier molecular flexibility index (Phi) is 3.28. The molecule has 5 heteroatoms. The Hall–Kier alpha value is -2.56. The number of aromatic hydroxyl groups is 1. The lowest BCUT2D eigenvalue weighted by Crippen LogP contribution is -2.34. The molecule has 0 unspecified atom stereocenters. The second-order valence-electron chi connectivity index (χ2n) is 6.48. The van der Waals surface area contributed by atoms with Crippen LogP contribution in [0, 0.1) is 6.92 Å². The lowest BCUT2D eigenvalue weighted by molar-refractivity contribution is 0.475. The topological polar surface area (TPSA) is 63.0 Å². The van der Waals surface area contributed by atoms with Crippen molar-refractivity contribution in [3.8, 4) is 17.1 Å². The molecule has 5 nitrogen and oxygen atoms in total. The van der Waals surface area contributed by atoms with Crippen LogP contribution in [-0.4, -0.2) is 25.3 Å². The zero-order chi connectivity index (χ0) is 15.9. The number of pyridine rings is 1. The second kappa shape index (κ2) is 5.02. The molecule has 22 heavy (non-hydrogen) atoms. The number of aryl methyl sites for hydroxylation is 1. The Morgan fingerprint density at radius 3 is 2.64 bits per heavy atom. The summed E-state index contributed by atoms with van der Waals surface area (Å²) in [6, 6.07) is 9.04. The third-order valence-electron chi connectivity index (χ3n) is 3.30. The first-order valence-corrected chi connectivity index (χ1v) is 7.27. The number of fused-ring (bicyclic) bond motifs is 1. The van der Waals surface area contributed by atoms with Crippen LogP contribution in [0.2, 0.25) is 0 Å². The monoisotopic (exact) mass is 296 g/mol. The smallest absolute Gasteiger partial charge is 0.179 e. The molecule has 0 atom stereocenters. The van der Waals surface area contributed by atoms with Gasteiger partial charge in [-0.15, -0.1) is 0 Å². The van der Waals surface area contributed by atoms with Crippen LogP contribution in [-0.2, 0) is 0 Å². The molecule has 1 aromatic carbocycles. The number of hydrogen-bond donors (Lipinski definition) is 2. The quantitative estimate of drug-likeness (QED) is 0.760. The first kappa shape index (κ1) is 14.4. The van der Waals surface area contributed by atoms with Crippen LogP contribution in [0.5, 0.6) is 5.75 Å². The van der Waals surface area contributed by atoms with E-state index < -0.39 is 0 Å². The molecular weight excluding hydrogens is 276 g/mol. The van der Waals surface area contributed by atoms with Crippen molar-refractivity contribution in [1.29, 1.82) is 0 Å². The lowest BCUT2D eigenvalue weighted by Gasteiger charge is -2.24. The molecule has 3 rings (SSSR count). The van der Waals surface area contributed by atoms with E-state index in [1.807, 2.05) is 29.8 Å². The summed E-state index contributed by atoms with van der Waals surface area (Å²) in [5.74, 6) is 0.958. The maximum Gasteiger partial charge on any atom is 0.179 e. The summed E-state index contributed by atoms with van der Waals surface area (Å²) in [4.78, 5) is 9.20. The number of aromatic nitrogens is 3. The molecule has 0 aliphatic rings. The van der Waals surface area contributed by atoms with Crippen molar-refractivity contribution in [2.24, 2.45) is 0 Å². The van der Waals surface area contributed by atoms with Gasteiger partial charge in [-0.25, -0.2) is 14.6 Å². The van der Waals surface area contributed by atoms with Crippen molar-refractivity contribution in [3.05, 3.63) is 42.1 Å². The summed E-state index contributed by atoms with van der Waals surface area (Å²) < 4.78 is 1.90. The Morgan fingerprint density at radius 2 is 1.95 bits per heavy atom. The lowest BCUT2D eigenvalue weighted by atomic mass is 10.1. The average Bonchev–Trinajstić information content (AvgIpc) is 2.77. The third kappa shape index (κ3) is 2.62. The van der Waals surface area contributed by atoms with Crippen molar-refractivity contribution < 1.29 is 5.11 Å². The van der Waals surface area contributed by atoms with Crippen molar-refractivity contribution in [1.82, 2.24) is 14.6 Å². The highest BCUT2D eigenvalue weighted by Gasteiger charge is 2.19. The summed E-state index contributed by atoms with van der Waals surface area (Å²) >= 11 is 0. The van der Waals surface area contributed by atoms with Crippen LogP contribution in [0.1, 0.15) is 26.3 Å². The van der Waals surface area contributed by atoms with Crippen LogP contribution < -0.4 is 5.43 Å². The standard InChI is InChI=1S/C17H20N4O/c1-11-8-9-18-16-14(11)19-15(21(16)20-17(2,3)4)12-6-5-7-13(22)10-12/h5-10,20,22H,1-4H3. The predicted octanol–water partition coefficient (Wildman–Crippen LogP) is 3.45. The van der Waals surface area contributed by atoms with Crippen molar-refractivity contribution in [2.45, 2.75) is 33.2 Å². The number of nitrogens with zero attached hydrogens (tertiary/aromatic N) is 3. The van der Waals surface area contributed by atoms with Crippen LogP contribution in [0.4, 0.5) is 0 Å². The van der Waals surface area contributed by atoms with E-state index in [-0.39, 0.29) is 11.3 Å². The Morgan fingerprint density at radius 1 is 1.18 bits per heavy atom. The number of benzene rings is 1. The summed E-state index contributed by atoms with van der Waals surface area (Å²) in [5.41, 5.74) is 6.84. The normalized spacial score (nSPS) is 11.8. The van der Waals surface area contributed by atoms with Crippen molar-refractivity contribution in [3.63, 3.8) is 0 Å². The molecule has 0 saturated heterocycles. The van der Waals surface area contributed by atoms with Crippen molar-refractivity contribution >= 4 is 11.2 Å². The number of nitrogens with one attached hydrogen (secondary N) is 1. The van der Waals surface area contributed by atoms with Crippen LogP contribution in [0.25, 0.3) is 22.6 Å². The maximum atomic E-state index is 9.75. The molecule has 0 radical (unpaired) electrons. The largest absolute Gasteiger partial charge is 0.508 e. The van der Waals surface area contributed by atoms with E-state index in [2.05, 4.69) is 31.2 Å². The fourth-order valence-corrected chi connectivity index (χ4v) is 2.37. The first-order valence-electron chi connectivity index (χ1n) is 7.27. The highest BCUT2D eigenvalue weighted by atomic mass is 16.3. The van der Waals surface area contributed by atoms with Crippen molar-refractivity contribution in [2.75, 3.05) is 5.43 Å². The van der Waals surface area contributed by atoms with E-state index in [1.54, 1.807) is 18.3 Å². The molecule has 0 spiro atoms. The number of rotatable bonds is 2. The fraction of sp³-hybridized carbons (Fsp3) is 0.294. The van der Waals surface area contributed by atoms with Gasteiger partial charge >= 0.3 is 0 Å². The third-order valence-corrected chi connectivity index (χ3v) is 3.30. The van der Waals surface area contributed by atoms with E-state index >= 15 is 0 Å². The maximum absolute atomic E-state index is 9.75. The fourth-order valence-electron chi connectivity index (χ4n) is 2.37. The molecule has 0 aliphatic heterocycles. The highest BCUT2D eigenvalue weighted by Crippen LogP contribution is 2.27. The van der Waals surface area contributed by atoms with Gasteiger partial charge in [0.2, 0.25) is 0 Å². The molecule has 114 valence electrons. The number of phenolic OH excluding ortho intramolecular Hbond substituents is 1. The van der Waals surface area contributed by atoms with Gasteiger partial charge in [0.15, 0.2) is 11.5 Å². The molecule has 0 bridgehead atoms. The minimum Gasteiger partial charge on any atom is -0.508 e. The highest BCUT2D eigenvalue weighted by molar-refractivity contribution is 5.80. The Balaban J connectivity index is 2.28. The molecule has 2 heterocycles. The van der Waals surface area contributed by atoms with Crippen LogP contribution in [0.3, 0.4) is 0 Å². The van der Waals surface area contributed by atoms with Gasteiger partial charge in [-0.3, -0.25) is 0 Å². The zero-order valence-electron chi connectivity index (χ0n) is 13.3. The van der Waals surface area contributed by atoms with E-state index in [0.29, 0.717) is 0 Å². The van der Waals surface area contributed by atoms with Gasteiger partial charge in [0.25, 0.3) is 0 Å². The molecule has 0 aliphatic carbocycles. The summed E-state index contributed by atoms with van der Waals surface area (Å²) in [6.07, 6.45) is 1.78. The van der Waals surface area contributed by atoms with Gasteiger partial charge in [0, 0.05) is 17.3 Å². The molecular formula is C17H20N4O. The van der Waals surface area contributed by atoms with Gasteiger partial charge in [-0.05, 0) is 51.5 Å². The second-order valence-corrected chi connectivity index (χ2v) is 6.48. The van der Waals surface area contributed by atoms with E-state index in [4.69, 9.17) is 4.98 Å².